The SMILES string of the molecule is CCOC(=O)O/C=C(\NC(=O)c1ccccc1)C(=O)O[C@H]1C[C@@H](C)CC[C@@H]1C(C)C. The zero-order valence-electron chi connectivity index (χ0n) is 18.1. The van der Waals surface area contributed by atoms with E-state index in [0.717, 1.165) is 25.5 Å². The molecule has 1 aromatic carbocycles. The quantitative estimate of drug-likeness (QED) is 0.401. The van der Waals surface area contributed by atoms with Gasteiger partial charge >= 0.3 is 12.1 Å². The van der Waals surface area contributed by atoms with E-state index >= 15 is 0 Å². The molecule has 1 amide bonds. The first-order valence-electron chi connectivity index (χ1n) is 10.4. The first kappa shape index (κ1) is 23.4. The Balaban J connectivity index is 2.17. The lowest BCUT2D eigenvalue weighted by molar-refractivity contribution is -0.151. The summed E-state index contributed by atoms with van der Waals surface area (Å²) >= 11 is 0. The molecule has 1 aromatic rings. The number of esters is 1. The Hall–Kier alpha value is -2.83. The maximum atomic E-state index is 12.9. The zero-order valence-corrected chi connectivity index (χ0v) is 18.1. The second kappa shape index (κ2) is 11.4. The molecule has 2 rings (SSSR count). The highest BCUT2D eigenvalue weighted by atomic mass is 16.7. The van der Waals surface area contributed by atoms with Gasteiger partial charge in [-0.15, -0.1) is 0 Å². The van der Waals surface area contributed by atoms with Crippen LogP contribution in [0.4, 0.5) is 4.79 Å². The Labute approximate surface area is 177 Å². The Bertz CT molecular complexity index is 758. The number of hydrogen-bond acceptors (Lipinski definition) is 6. The van der Waals surface area contributed by atoms with Gasteiger partial charge in [-0.1, -0.05) is 45.4 Å². The molecule has 0 aliphatic heterocycles. The molecule has 1 N–H and O–H groups in total. The van der Waals surface area contributed by atoms with E-state index in [1.165, 1.54) is 0 Å². The van der Waals surface area contributed by atoms with Gasteiger partial charge in [0, 0.05) is 5.56 Å². The highest BCUT2D eigenvalue weighted by molar-refractivity contribution is 6.01. The molecule has 0 bridgehead atoms. The van der Waals surface area contributed by atoms with E-state index < -0.39 is 18.0 Å². The summed E-state index contributed by atoms with van der Waals surface area (Å²) in [5.41, 5.74) is 0.108. The van der Waals surface area contributed by atoms with Crippen molar-refractivity contribution in [1.29, 1.82) is 0 Å². The van der Waals surface area contributed by atoms with Gasteiger partial charge in [-0.05, 0) is 49.7 Å². The van der Waals surface area contributed by atoms with Crippen LogP contribution in [-0.4, -0.2) is 30.7 Å². The molecule has 30 heavy (non-hydrogen) atoms. The fourth-order valence-electron chi connectivity index (χ4n) is 3.62. The third-order valence-corrected chi connectivity index (χ3v) is 5.26. The van der Waals surface area contributed by atoms with Crippen molar-refractivity contribution in [2.24, 2.45) is 17.8 Å². The van der Waals surface area contributed by atoms with Crippen LogP contribution in [0.3, 0.4) is 0 Å². The van der Waals surface area contributed by atoms with Gasteiger partial charge in [0.25, 0.3) is 5.91 Å². The van der Waals surface area contributed by atoms with Gasteiger partial charge in [0.1, 0.15) is 12.4 Å². The summed E-state index contributed by atoms with van der Waals surface area (Å²) in [6.07, 6.45) is 2.47. The number of ether oxygens (including phenoxy) is 3. The second-order valence-corrected chi connectivity index (χ2v) is 7.92. The van der Waals surface area contributed by atoms with Crippen molar-refractivity contribution in [3.63, 3.8) is 0 Å². The Morgan fingerprint density at radius 2 is 1.87 bits per heavy atom. The van der Waals surface area contributed by atoms with Crippen molar-refractivity contribution in [2.45, 2.75) is 53.1 Å². The summed E-state index contributed by atoms with van der Waals surface area (Å²) in [4.78, 5) is 36.9. The van der Waals surface area contributed by atoms with Crippen LogP contribution in [0.1, 0.15) is 57.3 Å². The van der Waals surface area contributed by atoms with Gasteiger partial charge in [0.15, 0.2) is 5.70 Å². The van der Waals surface area contributed by atoms with Crippen molar-refractivity contribution in [1.82, 2.24) is 5.32 Å². The lowest BCUT2D eigenvalue weighted by atomic mass is 9.75. The van der Waals surface area contributed by atoms with Crippen molar-refractivity contribution in [3.05, 3.63) is 47.9 Å². The summed E-state index contributed by atoms with van der Waals surface area (Å²) in [5, 5.41) is 2.49. The minimum atomic E-state index is -0.969. The van der Waals surface area contributed by atoms with Crippen molar-refractivity contribution in [3.8, 4) is 0 Å². The Morgan fingerprint density at radius 3 is 2.50 bits per heavy atom. The van der Waals surface area contributed by atoms with Crippen molar-refractivity contribution in [2.75, 3.05) is 6.61 Å². The fraction of sp³-hybridized carbons (Fsp3) is 0.522. The van der Waals surface area contributed by atoms with Crippen LogP contribution in [0.5, 0.6) is 0 Å². The lowest BCUT2D eigenvalue weighted by Gasteiger charge is -2.36. The first-order valence-corrected chi connectivity index (χ1v) is 10.4. The summed E-state index contributed by atoms with van der Waals surface area (Å²) in [6.45, 7) is 8.11. The Kier molecular flexibility index (Phi) is 8.89. The summed E-state index contributed by atoms with van der Waals surface area (Å²) in [5.74, 6) is -0.212. The summed E-state index contributed by atoms with van der Waals surface area (Å²) in [6, 6.07) is 8.43. The Morgan fingerprint density at radius 1 is 1.17 bits per heavy atom. The number of benzene rings is 1. The van der Waals surface area contributed by atoms with Crippen LogP contribution in [0, 0.1) is 17.8 Å². The molecule has 7 heteroatoms. The van der Waals surface area contributed by atoms with Gasteiger partial charge in [-0.2, -0.15) is 0 Å². The van der Waals surface area contributed by atoms with E-state index in [9.17, 15) is 14.4 Å². The normalized spacial score (nSPS) is 21.6. The van der Waals surface area contributed by atoms with Crippen LogP contribution in [0.15, 0.2) is 42.3 Å². The van der Waals surface area contributed by atoms with Crippen LogP contribution in [0.2, 0.25) is 0 Å². The van der Waals surface area contributed by atoms with Gasteiger partial charge < -0.3 is 19.5 Å². The number of amides is 1. The molecule has 164 valence electrons. The van der Waals surface area contributed by atoms with E-state index in [-0.39, 0.29) is 24.3 Å². The van der Waals surface area contributed by atoms with Gasteiger partial charge in [-0.25, -0.2) is 9.59 Å². The van der Waals surface area contributed by atoms with E-state index in [0.29, 0.717) is 17.4 Å². The monoisotopic (exact) mass is 417 g/mol. The number of hydrogen-bond donors (Lipinski definition) is 1. The van der Waals surface area contributed by atoms with Crippen molar-refractivity contribution < 1.29 is 28.6 Å². The fourth-order valence-corrected chi connectivity index (χ4v) is 3.62. The molecule has 0 aromatic heterocycles. The predicted octanol–water partition coefficient (Wildman–Crippen LogP) is 4.43. The molecule has 0 heterocycles. The number of carbonyl (C=O) groups excluding carboxylic acids is 3. The standard InChI is InChI=1S/C23H31NO6/c1-5-28-23(27)29-14-19(24-21(25)17-9-7-6-8-10-17)22(26)30-20-13-16(4)11-12-18(20)15(2)3/h6-10,14-16,18,20H,5,11-13H2,1-4H3,(H,24,25)/b19-14-/t16-,18+,20-/m0/s1. The van der Waals surface area contributed by atoms with E-state index in [1.54, 1.807) is 37.3 Å². The van der Waals surface area contributed by atoms with Crippen molar-refractivity contribution >= 4 is 18.0 Å². The molecule has 1 saturated carbocycles. The minimum absolute atomic E-state index is 0.124. The first-order chi connectivity index (χ1) is 14.3. The van der Waals surface area contributed by atoms with Gasteiger partial charge in [0.05, 0.1) is 6.61 Å². The van der Waals surface area contributed by atoms with E-state index in [2.05, 4.69) is 26.1 Å². The smallest absolute Gasteiger partial charge is 0.457 e. The molecule has 0 spiro atoms. The number of carbonyl (C=O) groups is 3. The topological polar surface area (TPSA) is 90.9 Å². The summed E-state index contributed by atoms with van der Waals surface area (Å²) in [7, 11) is 0. The molecule has 0 radical (unpaired) electrons. The summed E-state index contributed by atoms with van der Waals surface area (Å²) < 4.78 is 15.3. The van der Waals surface area contributed by atoms with Crippen LogP contribution >= 0.6 is 0 Å². The molecule has 0 saturated heterocycles. The molecule has 1 aliphatic rings. The molecular weight excluding hydrogens is 386 g/mol. The number of rotatable bonds is 7. The maximum absolute atomic E-state index is 12.9. The molecular formula is C23H31NO6. The lowest BCUT2D eigenvalue weighted by Crippen LogP contribution is -2.38. The largest absolute Gasteiger partial charge is 0.513 e. The van der Waals surface area contributed by atoms with Gasteiger partial charge in [-0.3, -0.25) is 4.79 Å². The average Bonchev–Trinajstić information content (AvgIpc) is 2.71. The molecule has 1 aliphatic carbocycles. The third-order valence-electron chi connectivity index (χ3n) is 5.26. The molecule has 3 atom stereocenters. The van der Waals surface area contributed by atoms with E-state index in [4.69, 9.17) is 14.2 Å². The average molecular weight is 418 g/mol. The second-order valence-electron chi connectivity index (χ2n) is 7.92. The van der Waals surface area contributed by atoms with Crippen LogP contribution < -0.4 is 5.32 Å². The highest BCUT2D eigenvalue weighted by Crippen LogP contribution is 2.35. The predicted molar refractivity (Wildman–Crippen MR) is 111 cm³/mol. The molecule has 0 unspecified atom stereocenters. The van der Waals surface area contributed by atoms with Crippen LogP contribution in [0.25, 0.3) is 0 Å². The van der Waals surface area contributed by atoms with Gasteiger partial charge in [0.2, 0.25) is 0 Å². The third kappa shape index (κ3) is 6.90. The molecule has 7 nitrogen and oxygen atoms in total. The molecule has 1 fully saturated rings. The minimum Gasteiger partial charge on any atom is -0.457 e. The number of nitrogens with one attached hydrogen (secondary N) is 1. The van der Waals surface area contributed by atoms with E-state index in [1.807, 2.05) is 0 Å². The van der Waals surface area contributed by atoms with Crippen LogP contribution in [-0.2, 0) is 19.0 Å². The maximum Gasteiger partial charge on any atom is 0.513 e. The zero-order chi connectivity index (χ0) is 22.1. The highest BCUT2D eigenvalue weighted by Gasteiger charge is 2.34.